The number of aromatic nitrogens is 2. The molecule has 0 aromatic carbocycles. The third-order valence-corrected chi connectivity index (χ3v) is 6.35. The van der Waals surface area contributed by atoms with E-state index in [4.69, 9.17) is 0 Å². The van der Waals surface area contributed by atoms with Crippen LogP contribution in [-0.2, 0) is 0 Å². The van der Waals surface area contributed by atoms with Crippen LogP contribution in [0.4, 0.5) is 5.82 Å². The molecule has 2 heterocycles. The molecule has 6 heteroatoms. The molecule has 1 aliphatic carbocycles. The zero-order valence-corrected chi connectivity index (χ0v) is 15.7. The summed E-state index contributed by atoms with van der Waals surface area (Å²) < 4.78 is 0.924. The molecule has 3 atom stereocenters. The quantitative estimate of drug-likeness (QED) is 0.743. The van der Waals surface area contributed by atoms with E-state index in [0.717, 1.165) is 23.2 Å². The summed E-state index contributed by atoms with van der Waals surface area (Å²) in [5.74, 6) is 2.10. The summed E-state index contributed by atoms with van der Waals surface area (Å²) in [5, 5.41) is 5.39. The highest BCUT2D eigenvalue weighted by atomic mass is 79.9. The van der Waals surface area contributed by atoms with Crippen molar-refractivity contribution in [1.29, 1.82) is 0 Å². The molecule has 3 rings (SSSR count). The lowest BCUT2D eigenvalue weighted by Gasteiger charge is -2.15. The van der Waals surface area contributed by atoms with Gasteiger partial charge in [-0.1, -0.05) is 20.3 Å². The SMILES string of the molecule is CC[C@H]1C[C@@H](Nc2ncncc2C(=O)c2cc(Br)cs2)C[C@@H]1C. The molecule has 0 unspecified atom stereocenters. The third-order valence-electron chi connectivity index (χ3n) is 4.66. The maximum atomic E-state index is 12.7. The van der Waals surface area contributed by atoms with Gasteiger partial charge < -0.3 is 5.32 Å². The number of nitrogens with one attached hydrogen (secondary N) is 1. The Bertz CT molecular complexity index is 703. The number of hydrogen-bond acceptors (Lipinski definition) is 5. The standard InChI is InChI=1S/C17H20BrN3OS/c1-3-11-5-13(4-10(11)2)21-17-14(7-19-9-20-17)16(22)15-6-12(18)8-23-15/h6-11,13H,3-5H2,1-2H3,(H,19,20,21)/t10-,11-,13-/m0/s1. The second kappa shape index (κ2) is 7.09. The van der Waals surface area contributed by atoms with Crippen LogP contribution in [0.2, 0.25) is 0 Å². The molecular weight excluding hydrogens is 374 g/mol. The lowest BCUT2D eigenvalue weighted by atomic mass is 9.96. The molecule has 1 fully saturated rings. The first-order valence-corrected chi connectivity index (χ1v) is 9.61. The van der Waals surface area contributed by atoms with Gasteiger partial charge in [0.25, 0.3) is 0 Å². The van der Waals surface area contributed by atoms with Crippen molar-refractivity contribution in [2.75, 3.05) is 5.32 Å². The smallest absolute Gasteiger partial charge is 0.208 e. The van der Waals surface area contributed by atoms with E-state index in [0.29, 0.717) is 28.2 Å². The Kier molecular flexibility index (Phi) is 5.11. The van der Waals surface area contributed by atoms with Crippen molar-refractivity contribution >= 4 is 38.9 Å². The molecular formula is C17H20BrN3OS. The predicted octanol–water partition coefficient (Wildman–Crippen LogP) is 4.77. The van der Waals surface area contributed by atoms with Gasteiger partial charge in [-0.15, -0.1) is 11.3 Å². The van der Waals surface area contributed by atoms with Crippen LogP contribution in [0, 0.1) is 11.8 Å². The predicted molar refractivity (Wildman–Crippen MR) is 97.1 cm³/mol. The minimum Gasteiger partial charge on any atom is -0.367 e. The van der Waals surface area contributed by atoms with E-state index in [9.17, 15) is 4.79 Å². The highest BCUT2D eigenvalue weighted by molar-refractivity contribution is 9.10. The summed E-state index contributed by atoms with van der Waals surface area (Å²) in [6.45, 7) is 4.56. The molecule has 0 bridgehead atoms. The zero-order chi connectivity index (χ0) is 16.4. The fraction of sp³-hybridized carbons (Fsp3) is 0.471. The first-order chi connectivity index (χ1) is 11.1. The third kappa shape index (κ3) is 3.63. The Balaban J connectivity index is 1.80. The Morgan fingerprint density at radius 1 is 1.48 bits per heavy atom. The molecule has 1 saturated carbocycles. The molecule has 122 valence electrons. The number of carbonyl (C=O) groups excluding carboxylic acids is 1. The number of halogens is 1. The van der Waals surface area contributed by atoms with Crippen LogP contribution in [0.5, 0.6) is 0 Å². The maximum Gasteiger partial charge on any atom is 0.208 e. The minimum absolute atomic E-state index is 0.0260. The summed E-state index contributed by atoms with van der Waals surface area (Å²) in [6, 6.07) is 2.22. The van der Waals surface area contributed by atoms with Crippen LogP contribution in [0.1, 0.15) is 48.3 Å². The number of thiophene rings is 1. The first-order valence-electron chi connectivity index (χ1n) is 7.93. The first kappa shape index (κ1) is 16.6. The molecule has 0 radical (unpaired) electrons. The maximum absolute atomic E-state index is 12.7. The second-order valence-corrected chi connectivity index (χ2v) is 8.03. The minimum atomic E-state index is -0.0260. The van der Waals surface area contributed by atoms with E-state index in [1.54, 1.807) is 6.20 Å². The van der Waals surface area contributed by atoms with Crippen molar-refractivity contribution in [3.8, 4) is 0 Å². The lowest BCUT2D eigenvalue weighted by molar-refractivity contribution is 0.104. The number of nitrogens with zero attached hydrogens (tertiary/aromatic N) is 2. The van der Waals surface area contributed by atoms with Gasteiger partial charge in [-0.05, 0) is 46.7 Å². The Hall–Kier alpha value is -1.27. The molecule has 0 spiro atoms. The van der Waals surface area contributed by atoms with Gasteiger partial charge in [-0.3, -0.25) is 4.79 Å². The fourth-order valence-corrected chi connectivity index (χ4v) is 4.77. The number of hydrogen-bond donors (Lipinski definition) is 1. The van der Waals surface area contributed by atoms with Crippen molar-refractivity contribution in [3.63, 3.8) is 0 Å². The average molecular weight is 394 g/mol. The largest absolute Gasteiger partial charge is 0.367 e. The number of ketones is 1. The van der Waals surface area contributed by atoms with Crippen LogP contribution in [0.25, 0.3) is 0 Å². The Labute approximate surface area is 148 Å². The van der Waals surface area contributed by atoms with Crippen LogP contribution in [-0.4, -0.2) is 21.8 Å². The molecule has 4 nitrogen and oxygen atoms in total. The summed E-state index contributed by atoms with van der Waals surface area (Å²) >= 11 is 4.82. The monoisotopic (exact) mass is 393 g/mol. The van der Waals surface area contributed by atoms with E-state index in [2.05, 4.69) is 45.1 Å². The van der Waals surface area contributed by atoms with Gasteiger partial charge in [0.1, 0.15) is 12.1 Å². The van der Waals surface area contributed by atoms with Gasteiger partial charge in [0.2, 0.25) is 5.78 Å². The van der Waals surface area contributed by atoms with Gasteiger partial charge in [0.15, 0.2) is 0 Å². The summed E-state index contributed by atoms with van der Waals surface area (Å²) in [6.07, 6.45) is 6.58. The molecule has 0 aliphatic heterocycles. The zero-order valence-electron chi connectivity index (χ0n) is 13.3. The normalized spacial score (nSPS) is 23.9. The summed E-state index contributed by atoms with van der Waals surface area (Å²) in [7, 11) is 0. The lowest BCUT2D eigenvalue weighted by Crippen LogP contribution is -2.19. The van der Waals surface area contributed by atoms with Crippen molar-refractivity contribution in [1.82, 2.24) is 9.97 Å². The van der Waals surface area contributed by atoms with E-state index in [-0.39, 0.29) is 5.78 Å². The highest BCUT2D eigenvalue weighted by Crippen LogP contribution is 2.35. The average Bonchev–Trinajstić information content (AvgIpc) is 3.13. The topological polar surface area (TPSA) is 54.9 Å². The van der Waals surface area contributed by atoms with Gasteiger partial charge in [0.05, 0.1) is 10.4 Å². The van der Waals surface area contributed by atoms with Crippen molar-refractivity contribution in [3.05, 3.63) is 38.9 Å². The second-order valence-electron chi connectivity index (χ2n) is 6.20. The molecule has 1 N–H and O–H groups in total. The molecule has 2 aromatic rings. The van der Waals surface area contributed by atoms with E-state index >= 15 is 0 Å². The van der Waals surface area contributed by atoms with Crippen LogP contribution in [0.3, 0.4) is 0 Å². The molecule has 2 aromatic heterocycles. The van der Waals surface area contributed by atoms with Crippen LogP contribution < -0.4 is 5.32 Å². The Morgan fingerprint density at radius 2 is 2.30 bits per heavy atom. The van der Waals surface area contributed by atoms with Gasteiger partial charge >= 0.3 is 0 Å². The summed E-state index contributed by atoms with van der Waals surface area (Å²) in [4.78, 5) is 21.8. The van der Waals surface area contributed by atoms with Crippen molar-refractivity contribution in [2.24, 2.45) is 11.8 Å². The van der Waals surface area contributed by atoms with Crippen LogP contribution in [0.15, 0.2) is 28.4 Å². The van der Waals surface area contributed by atoms with Crippen molar-refractivity contribution < 1.29 is 4.79 Å². The molecule has 23 heavy (non-hydrogen) atoms. The molecule has 1 aliphatic rings. The Morgan fingerprint density at radius 3 is 2.96 bits per heavy atom. The highest BCUT2D eigenvalue weighted by Gasteiger charge is 2.31. The van der Waals surface area contributed by atoms with E-state index in [1.165, 1.54) is 24.1 Å². The fourth-order valence-electron chi connectivity index (χ4n) is 3.39. The number of carbonyl (C=O) groups is 1. The molecule has 0 amide bonds. The van der Waals surface area contributed by atoms with Gasteiger partial charge in [-0.2, -0.15) is 0 Å². The van der Waals surface area contributed by atoms with E-state index in [1.807, 2.05) is 11.4 Å². The van der Waals surface area contributed by atoms with Gasteiger partial charge in [-0.25, -0.2) is 9.97 Å². The van der Waals surface area contributed by atoms with E-state index < -0.39 is 0 Å². The summed E-state index contributed by atoms with van der Waals surface area (Å²) in [5.41, 5.74) is 0.550. The number of anilines is 1. The number of rotatable bonds is 5. The van der Waals surface area contributed by atoms with Gasteiger partial charge in [0, 0.05) is 22.1 Å². The van der Waals surface area contributed by atoms with Crippen LogP contribution >= 0.6 is 27.3 Å². The molecule has 0 saturated heterocycles. The van der Waals surface area contributed by atoms with Crippen molar-refractivity contribution in [2.45, 2.75) is 39.2 Å².